The van der Waals surface area contributed by atoms with Crippen LogP contribution in [0.5, 0.6) is 5.75 Å². The largest absolute Gasteiger partial charge is 0.505 e. The summed E-state index contributed by atoms with van der Waals surface area (Å²) in [5.41, 5.74) is 0.0775. The van der Waals surface area contributed by atoms with E-state index in [0.717, 1.165) is 10.9 Å². The number of nitrogens with one attached hydrogen (secondary N) is 1. The summed E-state index contributed by atoms with van der Waals surface area (Å²) < 4.78 is 1.94. The van der Waals surface area contributed by atoms with Crippen molar-refractivity contribution in [1.29, 1.82) is 0 Å². The Morgan fingerprint density at radius 2 is 2.05 bits per heavy atom. The van der Waals surface area contributed by atoms with Crippen molar-refractivity contribution >= 4 is 28.5 Å². The van der Waals surface area contributed by atoms with E-state index in [4.69, 9.17) is 16.7 Å². The highest BCUT2D eigenvalue weighted by atomic mass is 35.5. The maximum Gasteiger partial charge on any atom is 0.345 e. The number of aromatic hydroxyl groups is 1. The molecule has 0 radical (unpaired) electrons. The fourth-order valence-corrected chi connectivity index (χ4v) is 2.65. The van der Waals surface area contributed by atoms with Crippen molar-refractivity contribution in [2.24, 2.45) is 7.05 Å². The molecule has 0 fully saturated rings. The summed E-state index contributed by atoms with van der Waals surface area (Å²) in [6, 6.07) is 7.28. The molecule has 6 nitrogen and oxygen atoms in total. The van der Waals surface area contributed by atoms with E-state index in [1.807, 2.05) is 29.9 Å². The number of aryl methyl sites for hydroxylation is 1. The molecule has 7 heteroatoms. The summed E-state index contributed by atoms with van der Waals surface area (Å²) in [4.78, 5) is 25.2. The van der Waals surface area contributed by atoms with Gasteiger partial charge in [-0.05, 0) is 18.2 Å². The van der Waals surface area contributed by atoms with Crippen LogP contribution >= 0.6 is 11.6 Å². The zero-order chi connectivity index (χ0) is 16.0. The van der Waals surface area contributed by atoms with Gasteiger partial charge in [0.15, 0.2) is 11.3 Å². The second-order valence-electron chi connectivity index (χ2n) is 4.87. The molecule has 0 unspecified atom stereocenters. The van der Waals surface area contributed by atoms with Gasteiger partial charge in [-0.15, -0.1) is 0 Å². The maximum atomic E-state index is 11.8. The zero-order valence-corrected chi connectivity index (χ0v) is 12.2. The Balaban J connectivity index is 2.26. The SMILES string of the molecule is Cn1ccc2cc(-c3[nH]c(=O)c(C(=O)O)c(O)c3Cl)ccc21. The van der Waals surface area contributed by atoms with Crippen molar-refractivity contribution in [2.45, 2.75) is 0 Å². The normalized spacial score (nSPS) is 11.0. The van der Waals surface area contributed by atoms with Gasteiger partial charge in [0.1, 0.15) is 5.02 Å². The van der Waals surface area contributed by atoms with Crippen LogP contribution in [-0.4, -0.2) is 25.7 Å². The van der Waals surface area contributed by atoms with E-state index in [2.05, 4.69) is 4.98 Å². The van der Waals surface area contributed by atoms with E-state index in [1.165, 1.54) is 0 Å². The van der Waals surface area contributed by atoms with Crippen molar-refractivity contribution in [3.63, 3.8) is 0 Å². The predicted molar refractivity (Wildman–Crippen MR) is 82.6 cm³/mol. The van der Waals surface area contributed by atoms with Crippen LogP contribution in [0.1, 0.15) is 10.4 Å². The van der Waals surface area contributed by atoms with Crippen LogP contribution in [0.4, 0.5) is 0 Å². The quantitative estimate of drug-likeness (QED) is 0.676. The third-order valence-electron chi connectivity index (χ3n) is 3.52. The number of hydrogen-bond donors (Lipinski definition) is 3. The number of pyridine rings is 1. The Kier molecular flexibility index (Phi) is 3.18. The summed E-state index contributed by atoms with van der Waals surface area (Å²) in [7, 11) is 1.91. The number of carboxylic acid groups (broad SMARTS) is 1. The van der Waals surface area contributed by atoms with Gasteiger partial charge in [0, 0.05) is 29.7 Å². The second-order valence-corrected chi connectivity index (χ2v) is 5.25. The molecule has 0 aliphatic heterocycles. The maximum absolute atomic E-state index is 11.8. The highest BCUT2D eigenvalue weighted by Crippen LogP contribution is 2.34. The fraction of sp³-hybridized carbons (Fsp3) is 0.0667. The smallest absolute Gasteiger partial charge is 0.345 e. The molecule has 22 heavy (non-hydrogen) atoms. The number of hydrogen-bond acceptors (Lipinski definition) is 3. The molecule has 2 heterocycles. The number of nitrogens with zero attached hydrogens (tertiary/aromatic N) is 1. The van der Waals surface area contributed by atoms with Crippen molar-refractivity contribution in [3.8, 4) is 17.0 Å². The van der Waals surface area contributed by atoms with Crippen LogP contribution in [0.15, 0.2) is 35.3 Å². The molecule has 0 spiro atoms. The topological polar surface area (TPSA) is 95.3 Å². The van der Waals surface area contributed by atoms with E-state index < -0.39 is 22.8 Å². The first-order valence-electron chi connectivity index (χ1n) is 6.33. The van der Waals surface area contributed by atoms with Gasteiger partial charge in [-0.1, -0.05) is 17.7 Å². The van der Waals surface area contributed by atoms with Crippen LogP contribution in [0, 0.1) is 0 Å². The first kappa shape index (κ1) is 14.2. The lowest BCUT2D eigenvalue weighted by Crippen LogP contribution is -2.18. The molecule has 3 rings (SSSR count). The molecule has 3 aromatic rings. The number of carboxylic acids is 1. The first-order chi connectivity index (χ1) is 10.4. The highest BCUT2D eigenvalue weighted by Gasteiger charge is 2.21. The van der Waals surface area contributed by atoms with Crippen LogP contribution < -0.4 is 5.56 Å². The second kappa shape index (κ2) is 4.92. The Bertz CT molecular complexity index is 972. The predicted octanol–water partition coefficient (Wildman–Crippen LogP) is 2.59. The van der Waals surface area contributed by atoms with Crippen LogP contribution in [0.2, 0.25) is 5.02 Å². The van der Waals surface area contributed by atoms with Crippen LogP contribution in [0.3, 0.4) is 0 Å². The molecular formula is C15H11ClN2O4. The molecule has 0 aliphatic carbocycles. The third kappa shape index (κ3) is 2.05. The van der Waals surface area contributed by atoms with Crippen LogP contribution in [0.25, 0.3) is 22.2 Å². The third-order valence-corrected chi connectivity index (χ3v) is 3.89. The molecule has 1 aromatic carbocycles. The first-order valence-corrected chi connectivity index (χ1v) is 6.71. The number of halogens is 1. The van der Waals surface area contributed by atoms with Gasteiger partial charge in [0.05, 0.1) is 5.69 Å². The molecular weight excluding hydrogens is 308 g/mol. The zero-order valence-electron chi connectivity index (χ0n) is 11.4. The lowest BCUT2D eigenvalue weighted by molar-refractivity contribution is 0.0691. The average Bonchev–Trinajstić information content (AvgIpc) is 2.83. The number of fused-ring (bicyclic) bond motifs is 1. The Labute approximate surface area is 129 Å². The van der Waals surface area contributed by atoms with Crippen LogP contribution in [-0.2, 0) is 7.05 Å². The summed E-state index contributed by atoms with van der Waals surface area (Å²) in [5, 5.41) is 19.5. The number of H-pyrrole nitrogens is 1. The average molecular weight is 319 g/mol. The monoisotopic (exact) mass is 318 g/mol. The van der Waals surface area contributed by atoms with E-state index in [0.29, 0.717) is 5.56 Å². The molecule has 0 saturated heterocycles. The van der Waals surface area contributed by atoms with Gasteiger partial charge >= 0.3 is 5.97 Å². The lowest BCUT2D eigenvalue weighted by atomic mass is 10.1. The molecule has 0 aliphatic rings. The fourth-order valence-electron chi connectivity index (χ4n) is 2.40. The standard InChI is InChI=1S/C15H11ClN2O4/c1-18-5-4-7-6-8(2-3-9(7)18)12-11(16)13(19)10(15(21)22)14(20)17-12/h2-6H,1H3,(H,21,22)(H2,17,19,20). The number of rotatable bonds is 2. The summed E-state index contributed by atoms with van der Waals surface area (Å²) in [6.45, 7) is 0. The minimum atomic E-state index is -1.54. The Morgan fingerprint density at radius 1 is 1.32 bits per heavy atom. The van der Waals surface area contributed by atoms with Gasteiger partial charge in [0.2, 0.25) is 0 Å². The van der Waals surface area contributed by atoms with E-state index in [9.17, 15) is 14.7 Å². The van der Waals surface area contributed by atoms with Gasteiger partial charge in [-0.2, -0.15) is 0 Å². The Hall–Kier alpha value is -2.73. The van der Waals surface area contributed by atoms with Crippen molar-refractivity contribution in [1.82, 2.24) is 9.55 Å². The van der Waals surface area contributed by atoms with Crippen molar-refractivity contribution in [2.75, 3.05) is 0 Å². The molecule has 112 valence electrons. The van der Waals surface area contributed by atoms with E-state index >= 15 is 0 Å². The van der Waals surface area contributed by atoms with E-state index in [1.54, 1.807) is 12.1 Å². The number of benzene rings is 1. The molecule has 0 bridgehead atoms. The summed E-state index contributed by atoms with van der Waals surface area (Å²) >= 11 is 6.02. The molecule has 3 N–H and O–H groups in total. The molecule has 0 atom stereocenters. The molecule has 0 amide bonds. The number of aromatic carboxylic acids is 1. The Morgan fingerprint density at radius 3 is 2.73 bits per heavy atom. The molecule has 2 aromatic heterocycles. The van der Waals surface area contributed by atoms with Crippen molar-refractivity contribution in [3.05, 3.63) is 51.4 Å². The van der Waals surface area contributed by atoms with Gasteiger partial charge < -0.3 is 19.8 Å². The molecule has 0 saturated carbocycles. The number of aromatic nitrogens is 2. The number of carbonyl (C=O) groups is 1. The van der Waals surface area contributed by atoms with Gasteiger partial charge in [-0.25, -0.2) is 4.79 Å². The summed E-state index contributed by atoms with van der Waals surface area (Å²) in [6.07, 6.45) is 1.89. The van der Waals surface area contributed by atoms with Gasteiger partial charge in [-0.3, -0.25) is 4.79 Å². The number of aromatic amines is 1. The summed E-state index contributed by atoms with van der Waals surface area (Å²) in [5.74, 6) is -2.27. The minimum Gasteiger partial charge on any atom is -0.505 e. The highest BCUT2D eigenvalue weighted by molar-refractivity contribution is 6.35. The lowest BCUT2D eigenvalue weighted by Gasteiger charge is -2.09. The van der Waals surface area contributed by atoms with Gasteiger partial charge in [0.25, 0.3) is 5.56 Å². The van der Waals surface area contributed by atoms with Crippen molar-refractivity contribution < 1.29 is 15.0 Å². The minimum absolute atomic E-state index is 0.180. The van der Waals surface area contributed by atoms with E-state index in [-0.39, 0.29) is 10.7 Å².